The number of pyridine rings is 3. The van der Waals surface area contributed by atoms with Crippen LogP contribution >= 0.6 is 0 Å². The molecule has 769 valence electrons. The van der Waals surface area contributed by atoms with Crippen molar-refractivity contribution in [3.05, 3.63) is 353 Å². The number of carbonyl (C=O) groups excluding carboxylic acids is 3. The molecule has 11 aromatic carbocycles. The quantitative estimate of drug-likeness (QED) is 0.0251. The number of aliphatic hydroxyl groups is 3. The number of allylic oxidation sites excluding steroid dienone is 5. The fourth-order valence-electron chi connectivity index (χ4n) is 25.4. The van der Waals surface area contributed by atoms with E-state index >= 15 is 0 Å². The first-order valence-corrected chi connectivity index (χ1v) is 63.9. The van der Waals surface area contributed by atoms with E-state index in [4.69, 9.17) is 15.0 Å². The standard InChI is InChI=1S/3C26H26NSi.C23H32O2.C16H26O2.C15H12O2.3Ir/c3*1-18-13-19(2)15-22(14-18)26-24(20-9-7-6-8-10-20)17-21-16-23(28(3,4)5)11-12-25(21)27-26;24-20(22-8-14-1-15(9-22)3-16(2-14)10-22)7-21(25)23-11-17-4-18(12-23)6-19(5-17)13-23;1-12(15(17)13-8-4-2-5-9-13)16(18)14-10-6-3-7-11-14;16-14(12-7-3-1-4-8-12)11-15(17)13-9-5-2-6-10-13;;;/h3*6-14,16-17H,1-5H3;7,14-19,24H,1-6,8-13H2;13-14,17H,2-11H2,1H3;1-11,16H;;;/q3*-1;;;;;;. The van der Waals surface area contributed by atoms with E-state index < -0.39 is 24.2 Å². The van der Waals surface area contributed by atoms with Crippen molar-refractivity contribution in [3.63, 3.8) is 0 Å². The minimum Gasteiger partial charge on any atom is -0.512 e. The van der Waals surface area contributed by atoms with Gasteiger partial charge in [0.25, 0.3) is 0 Å². The maximum atomic E-state index is 13.4. The summed E-state index contributed by atoms with van der Waals surface area (Å²) in [6.45, 7) is 36.0. The second-order valence-corrected chi connectivity index (χ2v) is 62.2. The summed E-state index contributed by atoms with van der Waals surface area (Å²) in [5, 5.41) is 39.3. The van der Waals surface area contributed by atoms with E-state index in [9.17, 15) is 29.7 Å². The second kappa shape index (κ2) is 48.9. The van der Waals surface area contributed by atoms with Crippen LogP contribution < -0.4 is 15.6 Å². The summed E-state index contributed by atoms with van der Waals surface area (Å²) in [7, 11) is -4.12. The molecule has 10 aliphatic rings. The molecule has 15 heteroatoms. The summed E-state index contributed by atoms with van der Waals surface area (Å²) < 4.78 is 0. The summed E-state index contributed by atoms with van der Waals surface area (Å²) >= 11 is 0. The van der Waals surface area contributed by atoms with Gasteiger partial charge in [-0.3, -0.25) is 29.3 Å². The summed E-state index contributed by atoms with van der Waals surface area (Å²) in [6.07, 6.45) is 29.5. The Labute approximate surface area is 919 Å². The van der Waals surface area contributed by atoms with Crippen LogP contribution in [-0.2, 0) is 69.9 Å². The second-order valence-electron chi connectivity index (χ2n) is 46.9. The molecule has 10 fully saturated rings. The van der Waals surface area contributed by atoms with E-state index in [0.717, 1.165) is 167 Å². The molecule has 0 aliphatic heterocycles. The fourth-order valence-corrected chi connectivity index (χ4v) is 28.9. The molecule has 0 saturated heterocycles. The van der Waals surface area contributed by atoms with Gasteiger partial charge in [0.2, 0.25) is 0 Å². The molecule has 8 bridgehead atoms. The predicted octanol–water partition coefficient (Wildman–Crippen LogP) is 33.0. The van der Waals surface area contributed by atoms with Crippen molar-refractivity contribution in [2.45, 2.75) is 249 Å². The van der Waals surface area contributed by atoms with E-state index in [1.54, 1.807) is 42.5 Å². The zero-order chi connectivity index (χ0) is 102. The molecule has 14 aromatic rings. The Kier molecular flexibility index (Phi) is 37.4. The molecule has 10 saturated carbocycles. The zero-order valence-electron chi connectivity index (χ0n) is 89.1. The first-order chi connectivity index (χ1) is 68.9. The Bertz CT molecular complexity index is 6510. The molecule has 0 atom stereocenters. The molecule has 3 N–H and O–H groups in total. The molecule has 24 rings (SSSR count). The number of rotatable bonds is 18. The molecule has 10 aliphatic carbocycles. The topological polar surface area (TPSA) is 151 Å². The number of fused-ring (bicyclic) bond motifs is 3. The monoisotopic (exact) mass is 2530 g/mol. The number of ketones is 3. The Morgan fingerprint density at radius 3 is 0.939 bits per heavy atom. The van der Waals surface area contributed by atoms with Crippen molar-refractivity contribution in [1.82, 2.24) is 15.0 Å². The molecule has 147 heavy (non-hydrogen) atoms. The maximum absolute atomic E-state index is 13.4. The van der Waals surface area contributed by atoms with E-state index in [1.807, 2.05) is 31.2 Å². The minimum atomic E-state index is -1.37. The number of aliphatic hydroxyl groups excluding tert-OH is 3. The molecule has 0 spiro atoms. The molecule has 3 radical (unpaired) electrons. The Morgan fingerprint density at radius 1 is 0.340 bits per heavy atom. The largest absolute Gasteiger partial charge is 0.512 e. The van der Waals surface area contributed by atoms with E-state index in [2.05, 4.69) is 319 Å². The van der Waals surface area contributed by atoms with E-state index in [1.165, 1.54) is 165 Å². The van der Waals surface area contributed by atoms with Gasteiger partial charge in [0.05, 0.1) is 40.8 Å². The SMILES string of the molecule is CC(C(=O)C1CCCCC1)=C(O)C1CCCCC1.Cc1[c-]c(-c2nc3ccc([Si](C)(C)C)cc3cc2-c2ccccc2)cc(C)c1.Cc1[c-]c(-c2nc3ccc([Si](C)(C)C)cc3cc2-c2ccccc2)cc(C)c1.Cc1[c-]c(-c2nc3ccc([Si](C)(C)C)cc3cc2-c2ccccc2)cc(C)c1.O=C(C=C(O)C12CC3CC(CC(C3)C1)C2)C12CC3CC(CC(C3)C1)C2.O=C(C=C(O)c1ccccc1)c1ccccc1.[Ir].[Ir].[Ir]. The van der Waals surface area contributed by atoms with E-state index in [-0.39, 0.29) is 100 Å². The van der Waals surface area contributed by atoms with Crippen LogP contribution in [0.3, 0.4) is 0 Å². The zero-order valence-corrected chi connectivity index (χ0v) is 99.2. The number of nitrogens with zero attached hydrogens (tertiary/aromatic N) is 3. The van der Waals surface area contributed by atoms with Crippen LogP contribution in [-0.4, -0.2) is 71.8 Å². The normalized spacial score (nSPS) is 20.5. The Balaban J connectivity index is 0.000000140. The van der Waals surface area contributed by atoms with Crippen LogP contribution in [0.4, 0.5) is 0 Å². The number of aryl methyl sites for hydroxylation is 6. The van der Waals surface area contributed by atoms with Crippen LogP contribution in [0.5, 0.6) is 0 Å². The van der Waals surface area contributed by atoms with Crippen molar-refractivity contribution < 1.29 is 90.0 Å². The van der Waals surface area contributed by atoms with Gasteiger partial charge in [-0.1, -0.05) is 361 Å². The fraction of sp³-hybridized carbons (Fsp3) is 0.364. The number of aromatic nitrogens is 3. The van der Waals surface area contributed by atoms with Crippen molar-refractivity contribution in [1.29, 1.82) is 0 Å². The van der Waals surface area contributed by atoms with Crippen LogP contribution in [0, 0.1) is 118 Å². The van der Waals surface area contributed by atoms with Crippen LogP contribution in [0.15, 0.2) is 290 Å². The van der Waals surface area contributed by atoms with Crippen molar-refractivity contribution >= 4 is 95.6 Å². The smallest absolute Gasteiger partial charge is 0.189 e. The minimum absolute atomic E-state index is 0. The van der Waals surface area contributed by atoms with Crippen LogP contribution in [0.2, 0.25) is 58.9 Å². The summed E-state index contributed by atoms with van der Waals surface area (Å²) in [5.74, 6) is 6.49. The number of Topliss-reactive ketones (excluding diaryl/α,β-unsaturated/α-hetero) is 1. The summed E-state index contributed by atoms with van der Waals surface area (Å²) in [5.41, 5.74) is 25.3. The third kappa shape index (κ3) is 27.6. The third-order valence-corrected chi connectivity index (χ3v) is 38.2. The van der Waals surface area contributed by atoms with Gasteiger partial charge in [0, 0.05) is 112 Å². The molecule has 0 unspecified atom stereocenters. The van der Waals surface area contributed by atoms with Gasteiger partial charge >= 0.3 is 0 Å². The first kappa shape index (κ1) is 113. The predicted molar refractivity (Wildman–Crippen MR) is 610 cm³/mol. The van der Waals surface area contributed by atoms with Gasteiger partial charge in [0.15, 0.2) is 17.3 Å². The van der Waals surface area contributed by atoms with Gasteiger partial charge in [-0.2, -0.15) is 0 Å². The van der Waals surface area contributed by atoms with Crippen molar-refractivity contribution in [2.75, 3.05) is 0 Å². The maximum Gasteiger partial charge on any atom is 0.189 e. The Hall–Kier alpha value is -10.1. The van der Waals surface area contributed by atoms with Crippen LogP contribution in [0.1, 0.15) is 197 Å². The molecular weight excluding hydrogens is 2380 g/mol. The van der Waals surface area contributed by atoms with Gasteiger partial charge in [-0.05, 0) is 230 Å². The molecule has 0 amide bonds. The average Bonchev–Trinajstić information content (AvgIpc) is 0.736. The molecule has 9 nitrogen and oxygen atoms in total. The van der Waals surface area contributed by atoms with Crippen LogP contribution in [0.25, 0.3) is 106 Å². The molecule has 3 aromatic heterocycles. The van der Waals surface area contributed by atoms with Gasteiger partial charge in [-0.15, -0.1) is 105 Å². The Morgan fingerprint density at radius 2 is 0.633 bits per heavy atom. The average molecular weight is 2530 g/mol. The summed E-state index contributed by atoms with van der Waals surface area (Å²) in [6, 6.07) is 100. The van der Waals surface area contributed by atoms with Gasteiger partial charge in [-0.25, -0.2) is 0 Å². The van der Waals surface area contributed by atoms with E-state index in [0.29, 0.717) is 34.0 Å². The third-order valence-electron chi connectivity index (χ3n) is 32.0. The summed E-state index contributed by atoms with van der Waals surface area (Å²) in [4.78, 5) is 52.9. The number of carbonyl (C=O) groups is 3. The molecular formula is C132H148Ir3N3O6Si3-3. The molecule has 3 heterocycles. The number of hydrogen-bond acceptors (Lipinski definition) is 9. The number of benzene rings is 11. The first-order valence-electron chi connectivity index (χ1n) is 53.4. The van der Waals surface area contributed by atoms with Gasteiger partial charge < -0.3 is 15.3 Å². The van der Waals surface area contributed by atoms with Crippen molar-refractivity contribution in [2.24, 2.45) is 58.2 Å². The number of hydrogen-bond donors (Lipinski definition) is 3. The van der Waals surface area contributed by atoms with Gasteiger partial charge in [0.1, 0.15) is 17.3 Å². The van der Waals surface area contributed by atoms with Crippen molar-refractivity contribution in [3.8, 4) is 67.2 Å².